The Morgan fingerprint density at radius 2 is 1.33 bits per heavy atom. The van der Waals surface area contributed by atoms with Gasteiger partial charge < -0.3 is 4.40 Å². The van der Waals surface area contributed by atoms with Crippen LogP contribution in [0.3, 0.4) is 0 Å². The molecule has 156 valence electrons. The summed E-state index contributed by atoms with van der Waals surface area (Å²) >= 11 is 0. The molecule has 0 aliphatic rings. The molecule has 0 N–H and O–H groups in total. The van der Waals surface area contributed by atoms with Gasteiger partial charge in [-0.1, -0.05) is 78.9 Å². The largest absolute Gasteiger partial charge is 0.302 e. The molecule has 0 saturated carbocycles. The maximum absolute atomic E-state index is 2.50. The number of para-hydroxylation sites is 1. The Hall–Kier alpha value is -4.17. The molecule has 7 rings (SSSR count). The van der Waals surface area contributed by atoms with Crippen molar-refractivity contribution < 1.29 is 4.57 Å². The molecule has 0 aliphatic heterocycles. The van der Waals surface area contributed by atoms with Gasteiger partial charge in [-0.3, -0.25) is 0 Å². The van der Waals surface area contributed by atoms with Crippen LogP contribution >= 0.6 is 0 Å². The van der Waals surface area contributed by atoms with E-state index in [1.807, 2.05) is 0 Å². The zero-order valence-corrected chi connectivity index (χ0v) is 18.7. The number of rotatable bonds is 2. The van der Waals surface area contributed by atoms with E-state index in [0.717, 1.165) is 0 Å². The van der Waals surface area contributed by atoms with Gasteiger partial charge in [0.2, 0.25) is 5.69 Å². The minimum absolute atomic E-state index is 1.26. The van der Waals surface area contributed by atoms with Gasteiger partial charge in [0.05, 0.1) is 16.6 Å². The zero-order valence-electron chi connectivity index (χ0n) is 18.7. The van der Waals surface area contributed by atoms with Crippen molar-refractivity contribution in [1.82, 2.24) is 4.40 Å². The van der Waals surface area contributed by atoms with E-state index in [9.17, 15) is 0 Å². The zero-order chi connectivity index (χ0) is 22.1. The Morgan fingerprint density at radius 1 is 0.606 bits per heavy atom. The van der Waals surface area contributed by atoms with Gasteiger partial charge in [-0.15, -0.1) is 0 Å². The molecule has 3 heterocycles. The van der Waals surface area contributed by atoms with E-state index in [0.29, 0.717) is 0 Å². The average molecular weight is 424 g/mol. The van der Waals surface area contributed by atoms with E-state index >= 15 is 0 Å². The SMILES string of the molecule is Cc1ccccc1-c1c2c(cc[n+]1C)c1ccc(-c3ccccc3)c3c4ccccc4n2c13. The highest BCUT2D eigenvalue weighted by Gasteiger charge is 2.26. The first-order chi connectivity index (χ1) is 16.2. The second kappa shape index (κ2) is 6.66. The lowest BCUT2D eigenvalue weighted by Gasteiger charge is -2.07. The van der Waals surface area contributed by atoms with Gasteiger partial charge in [0.15, 0.2) is 6.20 Å². The van der Waals surface area contributed by atoms with Crippen LogP contribution in [0.2, 0.25) is 0 Å². The molecule has 0 bridgehead atoms. The van der Waals surface area contributed by atoms with E-state index in [1.54, 1.807) is 0 Å². The molecule has 33 heavy (non-hydrogen) atoms. The second-order valence-electron chi connectivity index (χ2n) is 8.96. The summed E-state index contributed by atoms with van der Waals surface area (Å²) in [5.41, 5.74) is 10.2. The summed E-state index contributed by atoms with van der Waals surface area (Å²) in [7, 11) is 2.16. The van der Waals surface area contributed by atoms with Crippen molar-refractivity contribution in [3.63, 3.8) is 0 Å². The Bertz CT molecular complexity index is 1820. The average Bonchev–Trinajstić information content (AvgIpc) is 3.37. The number of hydrogen-bond donors (Lipinski definition) is 0. The molecular formula is C31H23N2+. The van der Waals surface area contributed by atoms with Crippen LogP contribution in [0.25, 0.3) is 60.5 Å². The lowest BCUT2D eigenvalue weighted by atomic mass is 9.97. The third kappa shape index (κ3) is 2.41. The van der Waals surface area contributed by atoms with E-state index in [4.69, 9.17) is 0 Å². The normalized spacial score (nSPS) is 11.9. The van der Waals surface area contributed by atoms with Crippen LogP contribution in [0.5, 0.6) is 0 Å². The Balaban J connectivity index is 1.77. The number of benzene rings is 4. The van der Waals surface area contributed by atoms with Crippen molar-refractivity contribution in [2.75, 3.05) is 0 Å². The Kier molecular flexibility index (Phi) is 3.72. The van der Waals surface area contributed by atoms with Gasteiger partial charge >= 0.3 is 0 Å². The maximum atomic E-state index is 2.50. The summed E-state index contributed by atoms with van der Waals surface area (Å²) < 4.78 is 4.77. The quantitative estimate of drug-likeness (QED) is 0.258. The van der Waals surface area contributed by atoms with Crippen LogP contribution in [0.15, 0.2) is 103 Å². The molecule has 0 atom stereocenters. The highest BCUT2D eigenvalue weighted by Crippen LogP contribution is 2.45. The van der Waals surface area contributed by atoms with Crippen molar-refractivity contribution in [3.05, 3.63) is 109 Å². The van der Waals surface area contributed by atoms with Crippen molar-refractivity contribution in [2.45, 2.75) is 6.92 Å². The summed E-state index contributed by atoms with van der Waals surface area (Å²) in [6, 6.07) is 35.2. The summed E-state index contributed by atoms with van der Waals surface area (Å²) in [5, 5.41) is 5.26. The van der Waals surface area contributed by atoms with Crippen molar-refractivity contribution in [3.8, 4) is 22.4 Å². The van der Waals surface area contributed by atoms with Crippen LogP contribution in [-0.2, 0) is 7.05 Å². The fourth-order valence-electron chi connectivity index (χ4n) is 5.64. The molecule has 0 unspecified atom stereocenters. The molecule has 2 heteroatoms. The number of aromatic nitrogens is 2. The van der Waals surface area contributed by atoms with E-state index < -0.39 is 0 Å². The van der Waals surface area contributed by atoms with Crippen LogP contribution < -0.4 is 4.57 Å². The fourth-order valence-corrected chi connectivity index (χ4v) is 5.64. The summed E-state index contributed by atoms with van der Waals surface area (Å²) in [6.07, 6.45) is 2.20. The smallest absolute Gasteiger partial charge is 0.237 e. The third-order valence-electron chi connectivity index (χ3n) is 7.11. The van der Waals surface area contributed by atoms with Gasteiger partial charge in [-0.2, -0.15) is 4.57 Å². The molecule has 0 radical (unpaired) electrons. The van der Waals surface area contributed by atoms with Crippen molar-refractivity contribution in [2.24, 2.45) is 7.05 Å². The predicted octanol–water partition coefficient (Wildman–Crippen LogP) is 7.30. The monoisotopic (exact) mass is 423 g/mol. The van der Waals surface area contributed by atoms with Gasteiger partial charge in [0, 0.05) is 27.6 Å². The number of hydrogen-bond acceptors (Lipinski definition) is 0. The fraction of sp³-hybridized carbons (Fsp3) is 0.0645. The first-order valence-corrected chi connectivity index (χ1v) is 11.4. The number of nitrogens with zero attached hydrogens (tertiary/aromatic N) is 2. The van der Waals surface area contributed by atoms with Crippen LogP contribution in [-0.4, -0.2) is 4.40 Å². The molecule has 0 aliphatic carbocycles. The minimum atomic E-state index is 1.26. The van der Waals surface area contributed by atoms with Gasteiger partial charge in [0.1, 0.15) is 12.6 Å². The first-order valence-electron chi connectivity index (χ1n) is 11.4. The van der Waals surface area contributed by atoms with Crippen LogP contribution in [0.4, 0.5) is 0 Å². The molecule has 4 aromatic carbocycles. The lowest BCUT2D eigenvalue weighted by Crippen LogP contribution is -2.31. The second-order valence-corrected chi connectivity index (χ2v) is 8.96. The van der Waals surface area contributed by atoms with Gasteiger partial charge in [-0.05, 0) is 35.7 Å². The number of fused-ring (bicyclic) bond motifs is 6. The van der Waals surface area contributed by atoms with Crippen molar-refractivity contribution in [1.29, 1.82) is 0 Å². The van der Waals surface area contributed by atoms with Crippen LogP contribution in [0, 0.1) is 6.92 Å². The standard InChI is InChI=1S/C31H23N2/c1-20-10-6-7-13-22(20)30-31-25(18-19-32(30)2)24-17-16-23(21-11-4-3-5-12-21)28-26-14-8-9-15-27(26)33(31)29(24)28/h3-19H,1-2H3/q+1. The predicted molar refractivity (Wildman–Crippen MR) is 138 cm³/mol. The van der Waals surface area contributed by atoms with Gasteiger partial charge in [-0.25, -0.2) is 0 Å². The molecule has 0 fully saturated rings. The van der Waals surface area contributed by atoms with E-state index in [2.05, 4.69) is 126 Å². The molecule has 3 aromatic heterocycles. The summed E-state index contributed by atoms with van der Waals surface area (Å²) in [4.78, 5) is 0. The van der Waals surface area contributed by atoms with Gasteiger partial charge in [0.25, 0.3) is 0 Å². The summed E-state index contributed by atoms with van der Waals surface area (Å²) in [6.45, 7) is 2.20. The van der Waals surface area contributed by atoms with E-state index in [-0.39, 0.29) is 0 Å². The summed E-state index contributed by atoms with van der Waals surface area (Å²) in [5.74, 6) is 0. The molecule has 0 amide bonds. The molecule has 0 saturated heterocycles. The van der Waals surface area contributed by atoms with E-state index in [1.165, 1.54) is 66.0 Å². The molecule has 0 spiro atoms. The molecular weight excluding hydrogens is 400 g/mol. The minimum Gasteiger partial charge on any atom is -0.302 e. The maximum Gasteiger partial charge on any atom is 0.237 e. The highest BCUT2D eigenvalue weighted by molar-refractivity contribution is 6.27. The Morgan fingerprint density at radius 3 is 2.18 bits per heavy atom. The number of pyridine rings is 1. The van der Waals surface area contributed by atoms with Crippen molar-refractivity contribution >= 4 is 38.1 Å². The Labute approximate surface area is 192 Å². The third-order valence-corrected chi connectivity index (χ3v) is 7.11. The molecule has 7 aromatic rings. The lowest BCUT2D eigenvalue weighted by molar-refractivity contribution is -0.659. The topological polar surface area (TPSA) is 8.29 Å². The molecule has 2 nitrogen and oxygen atoms in total. The first kappa shape index (κ1) is 18.4. The van der Waals surface area contributed by atoms with Crippen LogP contribution in [0.1, 0.15) is 5.56 Å². The highest BCUT2D eigenvalue weighted by atomic mass is 15.0. The number of aryl methyl sites for hydroxylation is 2.